The molecule has 0 amide bonds. The van der Waals surface area contributed by atoms with Crippen molar-refractivity contribution in [1.82, 2.24) is 10.2 Å². The van der Waals surface area contributed by atoms with E-state index >= 15 is 0 Å². The van der Waals surface area contributed by atoms with E-state index in [2.05, 4.69) is 10.2 Å². The first-order valence-corrected chi connectivity index (χ1v) is 7.57. The van der Waals surface area contributed by atoms with E-state index in [1.807, 2.05) is 53.7 Å². The second kappa shape index (κ2) is 5.93. The molecule has 2 heterocycles. The van der Waals surface area contributed by atoms with E-state index < -0.39 is 13.1 Å². The summed E-state index contributed by atoms with van der Waals surface area (Å²) in [6.45, 7) is 12.0. The number of halogens is 1. The Hall–Kier alpha value is -1.53. The molecule has 0 saturated carbocycles. The van der Waals surface area contributed by atoms with Crippen LogP contribution in [0.5, 0.6) is 0 Å². The fourth-order valence-corrected chi connectivity index (χ4v) is 2.15. The van der Waals surface area contributed by atoms with E-state index in [0.29, 0.717) is 10.9 Å². The third kappa shape index (κ3) is 2.98. The molecule has 1 fully saturated rings. The van der Waals surface area contributed by atoms with Crippen LogP contribution in [0.4, 0.5) is 4.39 Å². The molecule has 0 bridgehead atoms. The summed E-state index contributed by atoms with van der Waals surface area (Å²) in [5, 5.41) is 7.99. The summed E-state index contributed by atoms with van der Waals surface area (Å²) in [6.07, 6.45) is 0. The van der Waals surface area contributed by atoms with Crippen LogP contribution in [-0.4, -0.2) is 28.5 Å². The van der Waals surface area contributed by atoms with Gasteiger partial charge in [0.2, 0.25) is 5.95 Å². The van der Waals surface area contributed by atoms with Gasteiger partial charge in [-0.3, -0.25) is 0 Å². The van der Waals surface area contributed by atoms with Crippen LogP contribution in [0.3, 0.4) is 0 Å². The summed E-state index contributed by atoms with van der Waals surface area (Å²) in [4.78, 5) is 0. The zero-order chi connectivity index (χ0) is 16.5. The summed E-state index contributed by atoms with van der Waals surface area (Å²) in [5.41, 5.74) is 0.707. The second-order valence-electron chi connectivity index (χ2n) is 6.07. The summed E-state index contributed by atoms with van der Waals surface area (Å²) < 4.78 is 25.0. The molecule has 1 aliphatic rings. The first-order chi connectivity index (χ1) is 10.3. The average molecular weight is 304 g/mol. The summed E-state index contributed by atoms with van der Waals surface area (Å²) in [6, 6.07) is 6.85. The van der Waals surface area contributed by atoms with Crippen molar-refractivity contribution in [2.75, 3.05) is 0 Å². The fourth-order valence-electron chi connectivity index (χ4n) is 2.15. The highest BCUT2D eigenvalue weighted by molar-refractivity contribution is 6.62. The van der Waals surface area contributed by atoms with Gasteiger partial charge < -0.3 is 9.31 Å². The van der Waals surface area contributed by atoms with Crippen molar-refractivity contribution in [2.45, 2.75) is 52.7 Å². The van der Waals surface area contributed by atoms with Crippen molar-refractivity contribution in [3.8, 4) is 0 Å². The SMILES string of the molecule is CC.CC1(C)OB(c2ccc3cc(F)nnc3c2)OC1(C)C. The number of aromatic nitrogens is 2. The van der Waals surface area contributed by atoms with Gasteiger partial charge in [-0.2, -0.15) is 4.39 Å². The lowest BCUT2D eigenvalue weighted by Gasteiger charge is -2.32. The molecular weight excluding hydrogens is 282 g/mol. The van der Waals surface area contributed by atoms with Crippen LogP contribution in [0.1, 0.15) is 41.5 Å². The third-order valence-electron chi connectivity index (χ3n) is 4.11. The van der Waals surface area contributed by atoms with Crippen LogP contribution in [-0.2, 0) is 9.31 Å². The monoisotopic (exact) mass is 304 g/mol. The Kier molecular flexibility index (Phi) is 4.54. The molecule has 1 aromatic heterocycles. The van der Waals surface area contributed by atoms with Gasteiger partial charge in [-0.25, -0.2) is 0 Å². The van der Waals surface area contributed by atoms with Crippen LogP contribution in [0.2, 0.25) is 0 Å². The minimum absolute atomic E-state index is 0.388. The van der Waals surface area contributed by atoms with E-state index in [1.165, 1.54) is 6.07 Å². The number of hydrogen-bond acceptors (Lipinski definition) is 4. The van der Waals surface area contributed by atoms with Gasteiger partial charge >= 0.3 is 7.12 Å². The largest absolute Gasteiger partial charge is 0.494 e. The van der Waals surface area contributed by atoms with Crippen molar-refractivity contribution in [3.05, 3.63) is 30.2 Å². The highest BCUT2D eigenvalue weighted by Crippen LogP contribution is 2.36. The van der Waals surface area contributed by atoms with Gasteiger partial charge in [0.25, 0.3) is 0 Å². The van der Waals surface area contributed by atoms with E-state index in [-0.39, 0.29) is 11.2 Å². The molecule has 4 nitrogen and oxygen atoms in total. The van der Waals surface area contributed by atoms with Crippen molar-refractivity contribution in [2.24, 2.45) is 0 Å². The van der Waals surface area contributed by atoms with Crippen LogP contribution in [0, 0.1) is 5.95 Å². The van der Waals surface area contributed by atoms with E-state index in [9.17, 15) is 4.39 Å². The molecule has 0 radical (unpaired) electrons. The normalized spacial score (nSPS) is 19.0. The van der Waals surface area contributed by atoms with Gasteiger partial charge in [0.15, 0.2) is 0 Å². The molecule has 0 aliphatic carbocycles. The lowest BCUT2D eigenvalue weighted by atomic mass is 9.79. The van der Waals surface area contributed by atoms with E-state index in [0.717, 1.165) is 5.46 Å². The molecule has 118 valence electrons. The maximum Gasteiger partial charge on any atom is 0.494 e. The average Bonchev–Trinajstić information content (AvgIpc) is 2.69. The van der Waals surface area contributed by atoms with Gasteiger partial charge in [0.05, 0.1) is 16.7 Å². The molecule has 0 N–H and O–H groups in total. The van der Waals surface area contributed by atoms with Gasteiger partial charge in [0.1, 0.15) is 0 Å². The maximum absolute atomic E-state index is 13.0. The fraction of sp³-hybridized carbons (Fsp3) is 0.500. The second-order valence-corrected chi connectivity index (χ2v) is 6.07. The lowest BCUT2D eigenvalue weighted by Crippen LogP contribution is -2.41. The molecule has 0 unspecified atom stereocenters. The van der Waals surface area contributed by atoms with Crippen LogP contribution >= 0.6 is 0 Å². The number of fused-ring (bicyclic) bond motifs is 1. The van der Waals surface area contributed by atoms with E-state index in [4.69, 9.17) is 9.31 Å². The standard InChI is InChI=1S/C14H16BFN2O2.C2H6/c1-13(2)14(3,4)20-15(19-13)10-6-5-9-7-12(16)18-17-11(9)8-10;1-2/h5-8H,1-4H3;1-2H3. The Morgan fingerprint density at radius 2 is 1.55 bits per heavy atom. The van der Waals surface area contributed by atoms with E-state index in [1.54, 1.807) is 6.07 Å². The zero-order valence-electron chi connectivity index (χ0n) is 14.0. The minimum atomic E-state index is -0.583. The number of nitrogens with zero attached hydrogens (tertiary/aromatic N) is 2. The van der Waals surface area contributed by atoms with Crippen molar-refractivity contribution in [3.63, 3.8) is 0 Å². The molecule has 0 spiro atoms. The Morgan fingerprint density at radius 3 is 2.14 bits per heavy atom. The number of benzene rings is 1. The smallest absolute Gasteiger partial charge is 0.399 e. The van der Waals surface area contributed by atoms with Crippen LogP contribution < -0.4 is 5.46 Å². The van der Waals surface area contributed by atoms with Gasteiger partial charge in [-0.05, 0) is 39.2 Å². The molecule has 3 rings (SSSR count). The van der Waals surface area contributed by atoms with Gasteiger partial charge in [0, 0.05) is 11.5 Å². The zero-order valence-corrected chi connectivity index (χ0v) is 14.0. The topological polar surface area (TPSA) is 44.2 Å². The summed E-state index contributed by atoms with van der Waals surface area (Å²) in [5.74, 6) is -0.583. The highest BCUT2D eigenvalue weighted by atomic mass is 19.1. The van der Waals surface area contributed by atoms with Crippen LogP contribution in [0.25, 0.3) is 10.9 Å². The Labute approximate surface area is 131 Å². The first kappa shape index (κ1) is 16.8. The molecule has 1 saturated heterocycles. The molecule has 6 heteroatoms. The molecule has 1 aromatic carbocycles. The van der Waals surface area contributed by atoms with Crippen molar-refractivity contribution < 1.29 is 13.7 Å². The summed E-state index contributed by atoms with van der Waals surface area (Å²) >= 11 is 0. The first-order valence-electron chi connectivity index (χ1n) is 7.57. The predicted molar refractivity (Wildman–Crippen MR) is 86.6 cm³/mol. The summed E-state index contributed by atoms with van der Waals surface area (Å²) in [7, 11) is -0.448. The molecule has 22 heavy (non-hydrogen) atoms. The lowest BCUT2D eigenvalue weighted by molar-refractivity contribution is 0.00578. The van der Waals surface area contributed by atoms with Gasteiger partial charge in [-0.15, -0.1) is 10.2 Å². The minimum Gasteiger partial charge on any atom is -0.399 e. The van der Waals surface area contributed by atoms with Crippen molar-refractivity contribution >= 4 is 23.5 Å². The van der Waals surface area contributed by atoms with Gasteiger partial charge in [-0.1, -0.05) is 26.0 Å². The molecular formula is C16H22BFN2O2. The third-order valence-corrected chi connectivity index (χ3v) is 4.11. The quantitative estimate of drug-likeness (QED) is 0.759. The number of rotatable bonds is 1. The predicted octanol–water partition coefficient (Wildman–Crippen LogP) is 3.09. The van der Waals surface area contributed by atoms with Crippen LogP contribution in [0.15, 0.2) is 24.3 Å². The Morgan fingerprint density at radius 1 is 0.955 bits per heavy atom. The molecule has 1 aliphatic heterocycles. The highest BCUT2D eigenvalue weighted by Gasteiger charge is 2.51. The van der Waals surface area contributed by atoms with Crippen molar-refractivity contribution in [1.29, 1.82) is 0 Å². The Bertz CT molecular complexity index is 660. The Balaban J connectivity index is 0.000000847. The molecule has 0 atom stereocenters. The number of hydrogen-bond donors (Lipinski definition) is 0. The molecule has 2 aromatic rings. The maximum atomic E-state index is 13.0.